The molecule has 0 bridgehead atoms. The van der Waals surface area contributed by atoms with Crippen LogP contribution in [-0.2, 0) is 9.53 Å². The normalized spacial score (nSPS) is 30.9. The molecule has 1 N–H and O–H groups in total. The second kappa shape index (κ2) is 6.02. The summed E-state index contributed by atoms with van der Waals surface area (Å²) in [6.45, 7) is 6.41. The Morgan fingerprint density at radius 1 is 1.25 bits per heavy atom. The lowest BCUT2D eigenvalue weighted by Crippen LogP contribution is -2.52. The first-order valence-corrected chi connectivity index (χ1v) is 8.27. The summed E-state index contributed by atoms with van der Waals surface area (Å²) in [5.41, 5.74) is -0.262. The summed E-state index contributed by atoms with van der Waals surface area (Å²) >= 11 is 0. The zero-order chi connectivity index (χ0) is 14.0. The standard InChI is InChI=1S/C16H28N2O2/c1-16(11-20-12-16)15(19)17-9-13-7-8-18(10-13)14-5-3-2-4-6-14/h13-14H,2-12H2,1H3,(H,17,19)/t13-/m0/s1. The smallest absolute Gasteiger partial charge is 0.230 e. The van der Waals surface area contributed by atoms with Crippen LogP contribution in [0.1, 0.15) is 45.4 Å². The predicted octanol–water partition coefficient (Wildman–Crippen LogP) is 1.79. The summed E-state index contributed by atoms with van der Waals surface area (Å²) < 4.78 is 5.16. The molecule has 1 aliphatic carbocycles. The average Bonchev–Trinajstić information content (AvgIpc) is 2.92. The summed E-state index contributed by atoms with van der Waals surface area (Å²) in [5, 5.41) is 3.14. The van der Waals surface area contributed by atoms with Gasteiger partial charge in [0, 0.05) is 19.1 Å². The van der Waals surface area contributed by atoms with Crippen LogP contribution in [0.2, 0.25) is 0 Å². The summed E-state index contributed by atoms with van der Waals surface area (Å²) in [6, 6.07) is 0.821. The first-order valence-electron chi connectivity index (χ1n) is 8.27. The molecule has 4 nitrogen and oxygen atoms in total. The fourth-order valence-electron chi connectivity index (χ4n) is 3.80. The Morgan fingerprint density at radius 3 is 2.65 bits per heavy atom. The van der Waals surface area contributed by atoms with Crippen LogP contribution >= 0.6 is 0 Å². The Bertz CT molecular complexity index is 348. The van der Waals surface area contributed by atoms with Gasteiger partial charge in [-0.1, -0.05) is 19.3 Å². The first kappa shape index (κ1) is 14.3. The van der Waals surface area contributed by atoms with Crippen LogP contribution in [0.15, 0.2) is 0 Å². The van der Waals surface area contributed by atoms with Crippen molar-refractivity contribution in [2.45, 2.75) is 51.5 Å². The van der Waals surface area contributed by atoms with Crippen molar-refractivity contribution >= 4 is 5.91 Å². The van der Waals surface area contributed by atoms with Gasteiger partial charge in [-0.15, -0.1) is 0 Å². The minimum atomic E-state index is -0.262. The molecule has 0 aromatic heterocycles. The van der Waals surface area contributed by atoms with E-state index >= 15 is 0 Å². The number of rotatable bonds is 4. The molecule has 0 radical (unpaired) electrons. The van der Waals surface area contributed by atoms with Crippen LogP contribution in [-0.4, -0.2) is 49.7 Å². The van der Waals surface area contributed by atoms with Crippen LogP contribution in [0.4, 0.5) is 0 Å². The second-order valence-electron chi connectivity index (χ2n) is 7.20. The zero-order valence-electron chi connectivity index (χ0n) is 12.7. The topological polar surface area (TPSA) is 41.6 Å². The molecule has 2 saturated heterocycles. The van der Waals surface area contributed by atoms with E-state index in [-0.39, 0.29) is 11.3 Å². The number of nitrogens with one attached hydrogen (secondary N) is 1. The Morgan fingerprint density at radius 2 is 2.00 bits per heavy atom. The molecule has 0 unspecified atom stereocenters. The fourth-order valence-corrected chi connectivity index (χ4v) is 3.80. The van der Waals surface area contributed by atoms with Crippen LogP contribution in [0.3, 0.4) is 0 Å². The Kier molecular flexibility index (Phi) is 4.32. The van der Waals surface area contributed by atoms with E-state index in [0.717, 1.165) is 12.6 Å². The van der Waals surface area contributed by atoms with Gasteiger partial charge in [-0.2, -0.15) is 0 Å². The SMILES string of the molecule is CC1(C(=O)NC[C@@H]2CCN(C3CCCCC3)C2)COC1. The third-order valence-corrected chi connectivity index (χ3v) is 5.35. The predicted molar refractivity (Wildman–Crippen MR) is 78.5 cm³/mol. The van der Waals surface area contributed by atoms with Gasteiger partial charge in [0.2, 0.25) is 5.91 Å². The molecular weight excluding hydrogens is 252 g/mol. The van der Waals surface area contributed by atoms with Gasteiger partial charge < -0.3 is 15.0 Å². The molecule has 1 amide bonds. The van der Waals surface area contributed by atoms with E-state index in [4.69, 9.17) is 4.74 Å². The van der Waals surface area contributed by atoms with Crippen LogP contribution in [0.25, 0.3) is 0 Å². The maximum Gasteiger partial charge on any atom is 0.230 e. The molecule has 2 aliphatic heterocycles. The van der Waals surface area contributed by atoms with E-state index in [0.29, 0.717) is 19.1 Å². The van der Waals surface area contributed by atoms with Crippen molar-refractivity contribution in [3.8, 4) is 0 Å². The minimum absolute atomic E-state index is 0.180. The molecule has 3 fully saturated rings. The number of hydrogen-bond donors (Lipinski definition) is 1. The van der Waals surface area contributed by atoms with Gasteiger partial charge in [-0.05, 0) is 38.6 Å². The van der Waals surface area contributed by atoms with Crippen molar-refractivity contribution < 1.29 is 9.53 Å². The molecule has 0 aromatic rings. The van der Waals surface area contributed by atoms with Crippen molar-refractivity contribution in [3.63, 3.8) is 0 Å². The molecule has 1 saturated carbocycles. The van der Waals surface area contributed by atoms with Gasteiger partial charge >= 0.3 is 0 Å². The highest BCUT2D eigenvalue weighted by Gasteiger charge is 2.41. The van der Waals surface area contributed by atoms with Crippen molar-refractivity contribution in [3.05, 3.63) is 0 Å². The number of nitrogens with zero attached hydrogens (tertiary/aromatic N) is 1. The Hall–Kier alpha value is -0.610. The highest BCUT2D eigenvalue weighted by atomic mass is 16.5. The second-order valence-corrected chi connectivity index (χ2v) is 7.20. The van der Waals surface area contributed by atoms with Gasteiger partial charge in [0.05, 0.1) is 18.6 Å². The van der Waals surface area contributed by atoms with Crippen molar-refractivity contribution in [2.75, 3.05) is 32.8 Å². The summed E-state index contributed by atoms with van der Waals surface area (Å²) in [5.74, 6) is 0.824. The largest absolute Gasteiger partial charge is 0.379 e. The van der Waals surface area contributed by atoms with E-state index in [1.807, 2.05) is 6.92 Å². The maximum absolute atomic E-state index is 12.1. The van der Waals surface area contributed by atoms with E-state index in [1.165, 1.54) is 51.6 Å². The Labute approximate surface area is 122 Å². The monoisotopic (exact) mass is 280 g/mol. The number of amides is 1. The van der Waals surface area contributed by atoms with Gasteiger partial charge in [-0.3, -0.25) is 4.79 Å². The van der Waals surface area contributed by atoms with Crippen molar-refractivity contribution in [2.24, 2.45) is 11.3 Å². The number of ether oxygens (including phenoxy) is 1. The van der Waals surface area contributed by atoms with E-state index in [1.54, 1.807) is 0 Å². The average molecular weight is 280 g/mol. The van der Waals surface area contributed by atoms with Crippen molar-refractivity contribution in [1.29, 1.82) is 0 Å². The minimum Gasteiger partial charge on any atom is -0.379 e. The molecule has 0 aromatic carbocycles. The molecule has 1 atom stereocenters. The zero-order valence-corrected chi connectivity index (χ0v) is 12.7. The lowest BCUT2D eigenvalue weighted by molar-refractivity contribution is -0.157. The van der Waals surface area contributed by atoms with E-state index in [2.05, 4.69) is 10.2 Å². The molecular formula is C16H28N2O2. The number of hydrogen-bond acceptors (Lipinski definition) is 3. The number of likely N-dealkylation sites (tertiary alicyclic amines) is 1. The highest BCUT2D eigenvalue weighted by molar-refractivity contribution is 5.83. The molecule has 3 aliphatic rings. The molecule has 3 rings (SSSR count). The maximum atomic E-state index is 12.1. The van der Waals surface area contributed by atoms with Gasteiger partial charge in [0.25, 0.3) is 0 Å². The molecule has 2 heterocycles. The number of carbonyl (C=O) groups excluding carboxylic acids is 1. The van der Waals surface area contributed by atoms with Gasteiger partial charge in [-0.25, -0.2) is 0 Å². The van der Waals surface area contributed by atoms with E-state index < -0.39 is 0 Å². The Balaban J connectivity index is 1.40. The summed E-state index contributed by atoms with van der Waals surface area (Å²) in [4.78, 5) is 14.8. The molecule has 20 heavy (non-hydrogen) atoms. The lowest BCUT2D eigenvalue weighted by atomic mass is 9.87. The van der Waals surface area contributed by atoms with Crippen LogP contribution < -0.4 is 5.32 Å². The quantitative estimate of drug-likeness (QED) is 0.853. The van der Waals surface area contributed by atoms with Crippen LogP contribution in [0, 0.1) is 11.3 Å². The summed E-state index contributed by atoms with van der Waals surface area (Å²) in [7, 11) is 0. The molecule has 114 valence electrons. The third kappa shape index (κ3) is 3.01. The van der Waals surface area contributed by atoms with Gasteiger partial charge in [0.1, 0.15) is 0 Å². The summed E-state index contributed by atoms with van der Waals surface area (Å²) in [6.07, 6.45) is 8.24. The van der Waals surface area contributed by atoms with E-state index in [9.17, 15) is 4.79 Å². The third-order valence-electron chi connectivity index (χ3n) is 5.35. The molecule has 4 heteroatoms. The fraction of sp³-hybridized carbons (Fsp3) is 0.938. The number of carbonyl (C=O) groups is 1. The van der Waals surface area contributed by atoms with Crippen LogP contribution in [0.5, 0.6) is 0 Å². The van der Waals surface area contributed by atoms with Crippen molar-refractivity contribution in [1.82, 2.24) is 10.2 Å². The highest BCUT2D eigenvalue weighted by Crippen LogP contribution is 2.29. The lowest BCUT2D eigenvalue weighted by Gasteiger charge is -2.36. The van der Waals surface area contributed by atoms with Gasteiger partial charge in [0.15, 0.2) is 0 Å². The molecule has 0 spiro atoms. The first-order chi connectivity index (χ1) is 9.67.